The van der Waals surface area contributed by atoms with Crippen molar-refractivity contribution in [3.05, 3.63) is 0 Å². The third-order valence-electron chi connectivity index (χ3n) is 10.3. The van der Waals surface area contributed by atoms with Crippen molar-refractivity contribution in [2.75, 3.05) is 0 Å². The molecule has 160 valence electrons. The molecule has 0 aliphatic heterocycles. The second-order valence-electron chi connectivity index (χ2n) is 11.6. The molecule has 4 heteroatoms. The number of rotatable bonds is 4. The first-order valence-corrected chi connectivity index (χ1v) is 11.8. The molecule has 8 atom stereocenters. The maximum atomic E-state index is 11.3. The van der Waals surface area contributed by atoms with Crippen LogP contribution >= 0.6 is 0 Å². The highest BCUT2D eigenvalue weighted by Crippen LogP contribution is 2.68. The lowest BCUT2D eigenvalue weighted by molar-refractivity contribution is -0.233. The number of carbonyl (C=O) groups is 1. The summed E-state index contributed by atoms with van der Waals surface area (Å²) < 4.78 is 0. The van der Waals surface area contributed by atoms with Crippen LogP contribution in [-0.2, 0) is 4.79 Å². The van der Waals surface area contributed by atoms with Gasteiger partial charge in [-0.05, 0) is 97.7 Å². The summed E-state index contributed by atoms with van der Waals surface area (Å²) in [5.41, 5.74) is 6.11. The Labute approximate surface area is 170 Å². The first-order chi connectivity index (χ1) is 13.1. The van der Waals surface area contributed by atoms with Gasteiger partial charge in [0, 0.05) is 19.3 Å². The predicted octanol–water partition coefficient (Wildman–Crippen LogP) is 4.23. The van der Waals surface area contributed by atoms with Gasteiger partial charge in [-0.1, -0.05) is 20.8 Å². The van der Waals surface area contributed by atoms with Crippen molar-refractivity contribution >= 4 is 5.91 Å². The Kier molecular flexibility index (Phi) is 5.14. The van der Waals surface area contributed by atoms with Crippen LogP contribution in [0.3, 0.4) is 0 Å². The molecule has 0 aromatic heterocycles. The number of primary amides is 1. The van der Waals surface area contributed by atoms with Crippen molar-refractivity contribution in [1.29, 1.82) is 0 Å². The average Bonchev–Trinajstić information content (AvgIpc) is 2.97. The first-order valence-electron chi connectivity index (χ1n) is 11.8. The van der Waals surface area contributed by atoms with E-state index >= 15 is 0 Å². The van der Waals surface area contributed by atoms with Crippen molar-refractivity contribution in [3.63, 3.8) is 0 Å². The molecule has 4 N–H and O–H groups in total. The second-order valence-corrected chi connectivity index (χ2v) is 11.6. The largest absolute Gasteiger partial charge is 0.370 e. The van der Waals surface area contributed by atoms with E-state index in [1.807, 2.05) is 0 Å². The second kappa shape index (κ2) is 6.97. The van der Waals surface area contributed by atoms with Crippen LogP contribution in [0.2, 0.25) is 0 Å². The molecule has 1 amide bonds. The average molecular weight is 392 g/mol. The molecule has 4 fully saturated rings. The van der Waals surface area contributed by atoms with Crippen LogP contribution in [0.15, 0.2) is 0 Å². The van der Waals surface area contributed by atoms with E-state index in [2.05, 4.69) is 20.8 Å². The maximum absolute atomic E-state index is 11.3. The molecule has 4 aliphatic carbocycles. The Morgan fingerprint density at radius 2 is 1.71 bits per heavy atom. The third-order valence-corrected chi connectivity index (χ3v) is 10.3. The summed E-state index contributed by atoms with van der Waals surface area (Å²) in [5.74, 6) is 2.52. The van der Waals surface area contributed by atoms with E-state index in [1.165, 1.54) is 32.1 Å². The standard InChI is InChI=1S/C24H41NO3/c1-15(4-9-21(25)26)18-7-8-19-17-6-5-16-14-24(27,28)13-12-22(16,2)20(17)10-11-23(18,19)3/h15-20,27-28H,4-14H2,1-3H3,(H2,25,26). The zero-order chi connectivity index (χ0) is 20.3. The van der Waals surface area contributed by atoms with E-state index in [0.29, 0.717) is 36.5 Å². The smallest absolute Gasteiger partial charge is 0.217 e. The summed E-state index contributed by atoms with van der Waals surface area (Å²) in [6, 6.07) is 0. The van der Waals surface area contributed by atoms with Crippen LogP contribution in [0.4, 0.5) is 0 Å². The van der Waals surface area contributed by atoms with Crippen molar-refractivity contribution in [2.45, 2.75) is 97.2 Å². The number of fused-ring (bicyclic) bond motifs is 5. The van der Waals surface area contributed by atoms with Gasteiger partial charge in [-0.15, -0.1) is 0 Å². The zero-order valence-corrected chi connectivity index (χ0v) is 18.1. The van der Waals surface area contributed by atoms with Crippen LogP contribution < -0.4 is 5.73 Å². The van der Waals surface area contributed by atoms with Crippen LogP contribution in [0.5, 0.6) is 0 Å². The fourth-order valence-electron chi connectivity index (χ4n) is 8.77. The van der Waals surface area contributed by atoms with Gasteiger partial charge in [-0.25, -0.2) is 0 Å². The number of amides is 1. The number of nitrogens with two attached hydrogens (primary N) is 1. The molecular weight excluding hydrogens is 350 g/mol. The predicted molar refractivity (Wildman–Crippen MR) is 110 cm³/mol. The highest BCUT2D eigenvalue weighted by atomic mass is 16.5. The van der Waals surface area contributed by atoms with Gasteiger partial charge in [-0.3, -0.25) is 4.79 Å². The fourth-order valence-corrected chi connectivity index (χ4v) is 8.77. The van der Waals surface area contributed by atoms with Crippen LogP contribution in [-0.4, -0.2) is 21.9 Å². The van der Waals surface area contributed by atoms with Gasteiger partial charge in [0.25, 0.3) is 0 Å². The van der Waals surface area contributed by atoms with Crippen LogP contribution in [0.1, 0.15) is 91.4 Å². The lowest BCUT2D eigenvalue weighted by Crippen LogP contribution is -2.56. The Balaban J connectivity index is 1.51. The Morgan fingerprint density at radius 1 is 1.00 bits per heavy atom. The summed E-state index contributed by atoms with van der Waals surface area (Å²) in [6.45, 7) is 7.36. The highest BCUT2D eigenvalue weighted by Gasteiger charge is 2.61. The molecule has 0 aromatic rings. The molecule has 0 spiro atoms. The maximum Gasteiger partial charge on any atom is 0.217 e. The van der Waals surface area contributed by atoms with Gasteiger partial charge in [0.05, 0.1) is 0 Å². The molecule has 4 aliphatic rings. The van der Waals surface area contributed by atoms with Gasteiger partial charge in [0.15, 0.2) is 5.79 Å². The van der Waals surface area contributed by atoms with E-state index in [9.17, 15) is 15.0 Å². The number of aliphatic hydroxyl groups is 2. The number of carbonyl (C=O) groups excluding carboxylic acids is 1. The normalized spacial score (nSPS) is 48.2. The molecule has 0 heterocycles. The van der Waals surface area contributed by atoms with Gasteiger partial charge in [-0.2, -0.15) is 0 Å². The zero-order valence-electron chi connectivity index (χ0n) is 18.1. The van der Waals surface area contributed by atoms with Gasteiger partial charge < -0.3 is 15.9 Å². The summed E-state index contributed by atoms with van der Waals surface area (Å²) in [7, 11) is 0. The Morgan fingerprint density at radius 3 is 2.43 bits per heavy atom. The van der Waals surface area contributed by atoms with E-state index in [4.69, 9.17) is 5.73 Å². The lowest BCUT2D eigenvalue weighted by Gasteiger charge is -2.61. The van der Waals surface area contributed by atoms with Crippen molar-refractivity contribution in [1.82, 2.24) is 0 Å². The van der Waals surface area contributed by atoms with Gasteiger partial charge >= 0.3 is 0 Å². The van der Waals surface area contributed by atoms with Crippen LogP contribution in [0.25, 0.3) is 0 Å². The summed E-state index contributed by atoms with van der Waals surface area (Å²) >= 11 is 0. The molecule has 8 unspecified atom stereocenters. The molecule has 4 saturated carbocycles. The fraction of sp³-hybridized carbons (Fsp3) is 0.958. The minimum Gasteiger partial charge on any atom is -0.370 e. The summed E-state index contributed by atoms with van der Waals surface area (Å²) in [5, 5.41) is 20.4. The lowest BCUT2D eigenvalue weighted by atomic mass is 9.44. The number of hydrogen-bond donors (Lipinski definition) is 3. The first kappa shape index (κ1) is 20.7. The quantitative estimate of drug-likeness (QED) is 0.627. The number of hydrogen-bond acceptors (Lipinski definition) is 3. The summed E-state index contributed by atoms with van der Waals surface area (Å²) in [4.78, 5) is 11.3. The molecule has 28 heavy (non-hydrogen) atoms. The molecule has 0 bridgehead atoms. The van der Waals surface area contributed by atoms with E-state index in [-0.39, 0.29) is 11.3 Å². The SMILES string of the molecule is CC(CCC(N)=O)C1CCC2C3CCC4CC(O)(O)CCC4(C)C3CCC12C. The molecule has 4 rings (SSSR count). The third kappa shape index (κ3) is 3.23. The van der Waals surface area contributed by atoms with Crippen LogP contribution in [0, 0.1) is 46.3 Å². The van der Waals surface area contributed by atoms with E-state index < -0.39 is 5.79 Å². The molecule has 0 aromatic carbocycles. The Hall–Kier alpha value is -0.610. The van der Waals surface area contributed by atoms with Gasteiger partial charge in [0.2, 0.25) is 5.91 Å². The minimum atomic E-state index is -1.44. The van der Waals surface area contributed by atoms with E-state index in [1.54, 1.807) is 0 Å². The molecule has 0 saturated heterocycles. The monoisotopic (exact) mass is 391 g/mol. The minimum absolute atomic E-state index is 0.164. The van der Waals surface area contributed by atoms with Gasteiger partial charge in [0.1, 0.15) is 0 Å². The molecule has 4 nitrogen and oxygen atoms in total. The topological polar surface area (TPSA) is 83.6 Å². The van der Waals surface area contributed by atoms with E-state index in [0.717, 1.165) is 42.9 Å². The highest BCUT2D eigenvalue weighted by molar-refractivity contribution is 5.73. The van der Waals surface area contributed by atoms with Crippen molar-refractivity contribution in [3.8, 4) is 0 Å². The van der Waals surface area contributed by atoms with Crippen molar-refractivity contribution < 1.29 is 15.0 Å². The van der Waals surface area contributed by atoms with Crippen molar-refractivity contribution in [2.24, 2.45) is 52.1 Å². The molecular formula is C24H41NO3. The Bertz CT molecular complexity index is 619. The molecule has 0 radical (unpaired) electrons. The summed E-state index contributed by atoms with van der Waals surface area (Å²) in [6.07, 6.45) is 11.2.